The first-order valence-electron chi connectivity index (χ1n) is 13.4. The van der Waals surface area contributed by atoms with Crippen LogP contribution in [0.1, 0.15) is 30.9 Å². The summed E-state index contributed by atoms with van der Waals surface area (Å²) in [5, 5.41) is 42.1. The smallest absolute Gasteiger partial charge is 0.404 e. The molecule has 3 aliphatic rings. The second-order valence-electron chi connectivity index (χ2n) is 10.8. The first-order chi connectivity index (χ1) is 19.7. The molecule has 2 aliphatic heterocycles. The molecule has 1 aliphatic carbocycles. The fraction of sp³-hybridized carbons (Fsp3) is 0.615. The molecular formula is C26H39N4O11P. The van der Waals surface area contributed by atoms with Gasteiger partial charge in [0.2, 0.25) is 18.0 Å². The lowest BCUT2D eigenvalue weighted by molar-refractivity contribution is -0.449. The molecule has 2 heterocycles. The molecule has 0 bridgehead atoms. The highest BCUT2D eigenvalue weighted by Gasteiger charge is 2.63. The number of aliphatic hydroxyl groups is 3. The van der Waals surface area contributed by atoms with E-state index in [9.17, 15) is 24.7 Å². The molecule has 8 N–H and O–H groups in total. The Morgan fingerprint density at radius 2 is 1.88 bits per heavy atom. The fourth-order valence-corrected chi connectivity index (χ4v) is 6.12. The number of aliphatic hydroxyl groups excluding tert-OH is 2. The molecule has 0 radical (unpaired) electrons. The van der Waals surface area contributed by atoms with E-state index in [1.54, 1.807) is 34.0 Å². The Balaban J connectivity index is 1.53. The van der Waals surface area contributed by atoms with Crippen molar-refractivity contribution in [2.45, 2.75) is 87.4 Å². The minimum absolute atomic E-state index is 0.0656. The molecule has 15 nitrogen and oxygen atoms in total. The molecule has 2 saturated heterocycles. The van der Waals surface area contributed by atoms with Gasteiger partial charge in [-0.15, -0.1) is 0 Å². The van der Waals surface area contributed by atoms with Crippen LogP contribution in [-0.4, -0.2) is 113 Å². The summed E-state index contributed by atoms with van der Waals surface area (Å²) in [6, 6.07) is 1.94. The van der Waals surface area contributed by atoms with E-state index < -0.39 is 74.5 Å². The molecule has 1 saturated carbocycles. The van der Waals surface area contributed by atoms with Gasteiger partial charge in [0, 0.05) is 5.70 Å². The quantitative estimate of drug-likeness (QED) is 0.122. The molecule has 10 atom stereocenters. The van der Waals surface area contributed by atoms with Gasteiger partial charge in [0.25, 0.3) is 0 Å². The molecule has 4 rings (SSSR count). The van der Waals surface area contributed by atoms with E-state index in [-0.39, 0.29) is 24.3 Å². The van der Waals surface area contributed by atoms with Gasteiger partial charge >= 0.3 is 7.82 Å². The lowest BCUT2D eigenvalue weighted by atomic mass is 9.79. The van der Waals surface area contributed by atoms with E-state index in [1.807, 2.05) is 0 Å². The fourth-order valence-electron chi connectivity index (χ4n) is 5.73. The number of amides is 1. The highest BCUT2D eigenvalue weighted by atomic mass is 31.2. The molecule has 0 spiro atoms. The van der Waals surface area contributed by atoms with E-state index in [0.717, 1.165) is 5.56 Å². The number of nitrogens with zero attached hydrogens (tertiary/aromatic N) is 1. The number of fused-ring (bicyclic) bond motifs is 2. The van der Waals surface area contributed by atoms with E-state index in [2.05, 4.69) is 32.2 Å². The Kier molecular flexibility index (Phi) is 9.92. The molecule has 1 aromatic rings. The van der Waals surface area contributed by atoms with Crippen LogP contribution in [0.5, 0.6) is 5.75 Å². The van der Waals surface area contributed by atoms with E-state index in [4.69, 9.17) is 24.0 Å². The third-order valence-electron chi connectivity index (χ3n) is 7.83. The molecule has 0 unspecified atom stereocenters. The van der Waals surface area contributed by atoms with Crippen molar-refractivity contribution in [3.05, 3.63) is 35.0 Å². The van der Waals surface area contributed by atoms with Crippen molar-refractivity contribution in [3.63, 3.8) is 0 Å². The molecule has 0 aromatic heterocycles. The highest BCUT2D eigenvalue weighted by Crippen LogP contribution is 2.42. The van der Waals surface area contributed by atoms with Gasteiger partial charge in [-0.3, -0.25) is 19.6 Å². The highest BCUT2D eigenvalue weighted by molar-refractivity contribution is 7.46. The molecule has 42 heavy (non-hydrogen) atoms. The zero-order valence-electron chi connectivity index (χ0n) is 23.7. The number of aliphatic imine (C=N–C) groups is 1. The predicted molar refractivity (Wildman–Crippen MR) is 149 cm³/mol. The Morgan fingerprint density at radius 1 is 1.19 bits per heavy atom. The van der Waals surface area contributed by atoms with Gasteiger partial charge in [-0.25, -0.2) is 4.57 Å². The number of nitrogens with one attached hydrogen (secondary N) is 3. The monoisotopic (exact) mass is 614 g/mol. The molecular weight excluding hydrogens is 575 g/mol. The lowest BCUT2D eigenvalue weighted by Gasteiger charge is -2.58. The maximum atomic E-state index is 13.2. The van der Waals surface area contributed by atoms with Crippen molar-refractivity contribution in [2.75, 3.05) is 14.1 Å². The summed E-state index contributed by atoms with van der Waals surface area (Å²) in [6.07, 6.45) is -4.58. The van der Waals surface area contributed by atoms with Crippen LogP contribution in [0.2, 0.25) is 0 Å². The third kappa shape index (κ3) is 6.77. The van der Waals surface area contributed by atoms with Gasteiger partial charge in [0.15, 0.2) is 0 Å². The van der Waals surface area contributed by atoms with Gasteiger partial charge < -0.3 is 50.0 Å². The largest absolute Gasteiger partial charge is 0.524 e. The van der Waals surface area contributed by atoms with E-state index >= 15 is 0 Å². The Bertz CT molecular complexity index is 1240. The summed E-state index contributed by atoms with van der Waals surface area (Å²) < 4.78 is 33.9. The van der Waals surface area contributed by atoms with Gasteiger partial charge in [-0.05, 0) is 70.4 Å². The number of rotatable bonds is 9. The second kappa shape index (κ2) is 12.8. The van der Waals surface area contributed by atoms with E-state index in [1.165, 1.54) is 18.2 Å². The number of aryl methyl sites for hydroxylation is 1. The molecule has 16 heteroatoms. The Labute approximate surface area is 243 Å². The maximum absolute atomic E-state index is 13.2. The second-order valence-corrected chi connectivity index (χ2v) is 11.9. The summed E-state index contributed by atoms with van der Waals surface area (Å²) in [6.45, 7) is 7.03. The molecule has 1 amide bonds. The van der Waals surface area contributed by atoms with Crippen molar-refractivity contribution in [1.29, 1.82) is 0 Å². The molecule has 3 fully saturated rings. The number of carbonyl (C=O) groups excluding carboxylic acids is 1. The van der Waals surface area contributed by atoms with Gasteiger partial charge in [-0.2, -0.15) is 0 Å². The Morgan fingerprint density at radius 3 is 2.50 bits per heavy atom. The average Bonchev–Trinajstić information content (AvgIpc) is 2.90. The summed E-state index contributed by atoms with van der Waals surface area (Å²) in [5.74, 6) is -2.75. The van der Waals surface area contributed by atoms with Crippen molar-refractivity contribution in [1.82, 2.24) is 16.0 Å². The van der Waals surface area contributed by atoms with Crippen molar-refractivity contribution < 1.29 is 53.2 Å². The molecule has 1 aromatic carbocycles. The minimum atomic E-state index is -4.77. The van der Waals surface area contributed by atoms with Crippen molar-refractivity contribution in [2.24, 2.45) is 4.99 Å². The normalized spacial score (nSPS) is 36.9. The number of phosphoric acid groups is 1. The first-order valence-corrected chi connectivity index (χ1v) is 15.0. The zero-order valence-corrected chi connectivity index (χ0v) is 24.6. The third-order valence-corrected chi connectivity index (χ3v) is 8.28. The Hall–Kier alpha value is -2.27. The number of benzene rings is 1. The molecule has 234 valence electrons. The van der Waals surface area contributed by atoms with Crippen molar-refractivity contribution >= 4 is 26.5 Å². The zero-order chi connectivity index (χ0) is 31.0. The van der Waals surface area contributed by atoms with Crippen LogP contribution in [-0.2, 0) is 23.6 Å². The topological polar surface area (TPSA) is 221 Å². The minimum Gasteiger partial charge on any atom is -0.404 e. The standard InChI is InChI=1S/C26H39N4O11P/c1-12-6-7-16(41-42(35,36)37)10-14(12)9-15(27-3)11-18(31)30-17-8-13(2)38-25-26(17,34)40-23-20(29-5)21(32)19(28-4)22(33)24(23)39-25/h6-7,9-10,13,17,19-25,28-29,32-34H,3,8,11H2,1-2,4-5H3,(H,30,31)(H2,35,36,37)/b15-9-/t13-,17-,19-,20+,21+,22+,23-,24-,25+,26+/m1/s1. The van der Waals surface area contributed by atoms with Crippen LogP contribution in [0.3, 0.4) is 0 Å². The number of hydrogen-bond acceptors (Lipinski definition) is 12. The first kappa shape index (κ1) is 32.6. The van der Waals surface area contributed by atoms with Crippen LogP contribution >= 0.6 is 7.82 Å². The predicted octanol–water partition coefficient (Wildman–Crippen LogP) is -1.10. The summed E-state index contributed by atoms with van der Waals surface area (Å²) in [4.78, 5) is 35.4. The number of phosphoric ester groups is 1. The lowest BCUT2D eigenvalue weighted by Crippen LogP contribution is -2.79. The van der Waals surface area contributed by atoms with Crippen LogP contribution in [0, 0.1) is 6.92 Å². The van der Waals surface area contributed by atoms with Crippen molar-refractivity contribution in [3.8, 4) is 5.75 Å². The van der Waals surface area contributed by atoms with E-state index in [0.29, 0.717) is 5.56 Å². The number of likely N-dealkylation sites (N-methyl/N-ethyl adjacent to an activating group) is 2. The number of carbonyl (C=O) groups is 1. The summed E-state index contributed by atoms with van der Waals surface area (Å²) in [7, 11) is -1.56. The summed E-state index contributed by atoms with van der Waals surface area (Å²) in [5.41, 5.74) is 1.46. The average molecular weight is 615 g/mol. The summed E-state index contributed by atoms with van der Waals surface area (Å²) >= 11 is 0. The number of ether oxygens (including phenoxy) is 3. The van der Waals surface area contributed by atoms with Crippen LogP contribution in [0.25, 0.3) is 6.08 Å². The SMILES string of the molecule is C=N/C(=C\c1cc(OP(=O)(O)O)ccc1C)CC(=O)N[C@@H]1C[C@@H](C)O[C@H]2O[C@@H]3[C@@H](O)[C@H](NC)[C@H](O)[C@H](NC)[C@H]3O[C@]21O. The van der Waals surface area contributed by atoms with Crippen LogP contribution in [0.4, 0.5) is 0 Å². The van der Waals surface area contributed by atoms with Crippen LogP contribution < -0.4 is 20.5 Å². The van der Waals surface area contributed by atoms with Gasteiger partial charge in [0.05, 0.1) is 36.8 Å². The maximum Gasteiger partial charge on any atom is 0.524 e. The van der Waals surface area contributed by atoms with Gasteiger partial charge in [-0.1, -0.05) is 6.07 Å². The van der Waals surface area contributed by atoms with Crippen LogP contribution in [0.15, 0.2) is 28.9 Å². The van der Waals surface area contributed by atoms with Gasteiger partial charge in [0.1, 0.15) is 24.1 Å². The number of hydrogen-bond donors (Lipinski definition) is 8.